The van der Waals surface area contributed by atoms with Crippen LogP contribution in [0.15, 0.2) is 18.2 Å². The van der Waals surface area contributed by atoms with E-state index < -0.39 is 0 Å². The molecule has 1 aromatic heterocycles. The minimum atomic E-state index is 0.129. The van der Waals surface area contributed by atoms with E-state index in [1.165, 1.54) is 20.5 Å². The van der Waals surface area contributed by atoms with E-state index in [0.29, 0.717) is 0 Å². The van der Waals surface area contributed by atoms with E-state index >= 15 is 0 Å². The van der Waals surface area contributed by atoms with Gasteiger partial charge in [0.1, 0.15) is 0 Å². The molecule has 2 aromatic rings. The molecular formula is C11H11BrOS. The summed E-state index contributed by atoms with van der Waals surface area (Å²) in [6, 6.07) is 6.23. The van der Waals surface area contributed by atoms with Crippen molar-refractivity contribution >= 4 is 37.4 Å². The predicted molar refractivity (Wildman–Crippen MR) is 65.1 cm³/mol. The maximum Gasteiger partial charge on any atom is 0.0699 e. The maximum atomic E-state index is 9.31. The molecule has 0 radical (unpaired) electrons. The number of thiophene rings is 1. The number of hydrogen-bond donors (Lipinski definition) is 1. The van der Waals surface area contributed by atoms with Crippen molar-refractivity contribution in [2.75, 3.05) is 0 Å². The van der Waals surface area contributed by atoms with E-state index in [1.807, 2.05) is 6.07 Å². The summed E-state index contributed by atoms with van der Waals surface area (Å²) in [7, 11) is 0. The summed E-state index contributed by atoms with van der Waals surface area (Å²) in [6.07, 6.45) is 0. The molecule has 0 saturated heterocycles. The molecule has 2 rings (SSSR count). The molecule has 1 aromatic carbocycles. The number of hydrogen-bond acceptors (Lipinski definition) is 2. The number of rotatable bonds is 2. The van der Waals surface area contributed by atoms with Gasteiger partial charge in [0.05, 0.1) is 6.61 Å². The molecule has 74 valence electrons. The topological polar surface area (TPSA) is 20.2 Å². The minimum Gasteiger partial charge on any atom is -0.392 e. The zero-order valence-electron chi connectivity index (χ0n) is 7.88. The van der Waals surface area contributed by atoms with Gasteiger partial charge in [-0.25, -0.2) is 0 Å². The Morgan fingerprint density at radius 2 is 2.21 bits per heavy atom. The summed E-state index contributed by atoms with van der Waals surface area (Å²) < 4.78 is 1.30. The largest absolute Gasteiger partial charge is 0.392 e. The Hall–Kier alpha value is -0.380. The monoisotopic (exact) mass is 270 g/mol. The van der Waals surface area contributed by atoms with Gasteiger partial charge >= 0.3 is 0 Å². The Bertz CT molecular complexity index is 462. The van der Waals surface area contributed by atoms with Crippen LogP contribution in [0.2, 0.25) is 0 Å². The average Bonchev–Trinajstić information content (AvgIpc) is 2.57. The molecule has 0 fully saturated rings. The molecule has 1 N–H and O–H groups in total. The Morgan fingerprint density at radius 3 is 2.86 bits per heavy atom. The van der Waals surface area contributed by atoms with Gasteiger partial charge in [-0.15, -0.1) is 11.3 Å². The molecule has 1 nitrogen and oxygen atoms in total. The third-order valence-corrected chi connectivity index (χ3v) is 4.69. The molecule has 0 aliphatic carbocycles. The minimum absolute atomic E-state index is 0.129. The van der Waals surface area contributed by atoms with Crippen LogP contribution in [0.5, 0.6) is 0 Å². The highest BCUT2D eigenvalue weighted by atomic mass is 79.9. The molecule has 3 heteroatoms. The van der Waals surface area contributed by atoms with E-state index in [4.69, 9.17) is 0 Å². The first-order chi connectivity index (χ1) is 6.77. The van der Waals surface area contributed by atoms with Crippen molar-refractivity contribution < 1.29 is 5.11 Å². The molecule has 0 atom stereocenters. The fourth-order valence-electron chi connectivity index (χ4n) is 1.64. The summed E-state index contributed by atoms with van der Waals surface area (Å²) in [5, 5.41) is 11.3. The molecule has 0 spiro atoms. The van der Waals surface area contributed by atoms with Crippen LogP contribution in [0.4, 0.5) is 0 Å². The summed E-state index contributed by atoms with van der Waals surface area (Å²) in [5.41, 5.74) is 2.36. The number of aryl methyl sites for hydroxylation is 1. The fourth-order valence-corrected chi connectivity index (χ4v) is 3.45. The van der Waals surface area contributed by atoms with Crippen molar-refractivity contribution in [2.24, 2.45) is 0 Å². The second-order valence-corrected chi connectivity index (χ2v) is 4.91. The van der Waals surface area contributed by atoms with Crippen LogP contribution < -0.4 is 0 Å². The van der Waals surface area contributed by atoms with Crippen LogP contribution >= 0.6 is 27.3 Å². The van der Waals surface area contributed by atoms with Gasteiger partial charge in [-0.1, -0.05) is 34.1 Å². The quantitative estimate of drug-likeness (QED) is 0.827. The highest BCUT2D eigenvalue weighted by Crippen LogP contribution is 2.34. The number of alkyl halides is 1. The molecule has 0 aliphatic rings. The summed E-state index contributed by atoms with van der Waals surface area (Å²) in [6.45, 7) is 2.24. The molecule has 0 aliphatic heterocycles. The molecule has 0 bridgehead atoms. The second kappa shape index (κ2) is 4.01. The van der Waals surface area contributed by atoms with Crippen LogP contribution in [-0.2, 0) is 11.9 Å². The first-order valence-electron chi connectivity index (χ1n) is 4.44. The van der Waals surface area contributed by atoms with Gasteiger partial charge in [-0.2, -0.15) is 0 Å². The lowest BCUT2D eigenvalue weighted by molar-refractivity contribution is 0.283. The standard InChI is InChI=1S/C11H11BrOS/c1-7-3-2-4-8-9(6-13)10(5-12)14-11(7)8/h2-4,13H,5-6H2,1H3. The van der Waals surface area contributed by atoms with Crippen molar-refractivity contribution in [1.29, 1.82) is 0 Å². The third-order valence-electron chi connectivity index (χ3n) is 2.38. The van der Waals surface area contributed by atoms with Crippen molar-refractivity contribution in [3.8, 4) is 0 Å². The Labute approximate surface area is 95.5 Å². The van der Waals surface area contributed by atoms with Crippen molar-refractivity contribution in [2.45, 2.75) is 18.9 Å². The first-order valence-corrected chi connectivity index (χ1v) is 6.38. The first kappa shape index (κ1) is 10.1. The molecular weight excluding hydrogens is 260 g/mol. The van der Waals surface area contributed by atoms with Gasteiger partial charge in [0.15, 0.2) is 0 Å². The van der Waals surface area contributed by atoms with Gasteiger partial charge in [-0.05, 0) is 17.9 Å². The van der Waals surface area contributed by atoms with E-state index in [2.05, 4.69) is 35.0 Å². The van der Waals surface area contributed by atoms with E-state index in [0.717, 1.165) is 10.9 Å². The Morgan fingerprint density at radius 1 is 1.43 bits per heavy atom. The van der Waals surface area contributed by atoms with Crippen LogP contribution in [-0.4, -0.2) is 5.11 Å². The number of fused-ring (bicyclic) bond motifs is 1. The van der Waals surface area contributed by atoms with Crippen LogP contribution in [0.25, 0.3) is 10.1 Å². The lowest BCUT2D eigenvalue weighted by atomic mass is 10.1. The van der Waals surface area contributed by atoms with Crippen LogP contribution in [0.1, 0.15) is 16.0 Å². The number of aliphatic hydroxyl groups is 1. The second-order valence-electron chi connectivity index (χ2n) is 3.25. The van der Waals surface area contributed by atoms with Crippen LogP contribution in [0.3, 0.4) is 0 Å². The van der Waals surface area contributed by atoms with E-state index in [9.17, 15) is 5.11 Å². The highest BCUT2D eigenvalue weighted by Gasteiger charge is 2.10. The summed E-state index contributed by atoms with van der Waals surface area (Å²) >= 11 is 5.22. The van der Waals surface area contributed by atoms with Gasteiger partial charge in [0.25, 0.3) is 0 Å². The number of halogens is 1. The Balaban J connectivity index is 2.79. The number of aliphatic hydroxyl groups excluding tert-OH is 1. The van der Waals surface area contributed by atoms with E-state index in [1.54, 1.807) is 11.3 Å². The zero-order valence-corrected chi connectivity index (χ0v) is 10.3. The lowest BCUT2D eigenvalue weighted by Crippen LogP contribution is -1.84. The zero-order chi connectivity index (χ0) is 10.1. The SMILES string of the molecule is Cc1cccc2c(CO)c(CBr)sc12. The normalized spacial score (nSPS) is 11.1. The third kappa shape index (κ3) is 1.49. The van der Waals surface area contributed by atoms with Gasteiger partial charge in [0.2, 0.25) is 0 Å². The number of benzene rings is 1. The summed E-state index contributed by atoms with van der Waals surface area (Å²) in [5.74, 6) is 0. The highest BCUT2D eigenvalue weighted by molar-refractivity contribution is 9.08. The maximum absolute atomic E-state index is 9.31. The molecule has 1 heterocycles. The molecule has 14 heavy (non-hydrogen) atoms. The fraction of sp³-hybridized carbons (Fsp3) is 0.273. The molecule has 0 unspecified atom stereocenters. The molecule has 0 saturated carbocycles. The molecule has 0 amide bonds. The average molecular weight is 271 g/mol. The van der Waals surface area contributed by atoms with E-state index in [-0.39, 0.29) is 6.61 Å². The van der Waals surface area contributed by atoms with Crippen molar-refractivity contribution in [3.63, 3.8) is 0 Å². The Kier molecular flexibility index (Phi) is 2.91. The smallest absolute Gasteiger partial charge is 0.0699 e. The van der Waals surface area contributed by atoms with Crippen molar-refractivity contribution in [1.82, 2.24) is 0 Å². The van der Waals surface area contributed by atoms with Gasteiger partial charge in [0, 0.05) is 20.5 Å². The van der Waals surface area contributed by atoms with Gasteiger partial charge in [-0.3, -0.25) is 0 Å². The van der Waals surface area contributed by atoms with Gasteiger partial charge < -0.3 is 5.11 Å². The summed E-state index contributed by atoms with van der Waals surface area (Å²) in [4.78, 5) is 1.23. The predicted octanol–water partition coefficient (Wildman–Crippen LogP) is 3.60. The lowest BCUT2D eigenvalue weighted by Gasteiger charge is -1.97. The van der Waals surface area contributed by atoms with Crippen LogP contribution in [0, 0.1) is 6.92 Å². The van der Waals surface area contributed by atoms with Crippen molar-refractivity contribution in [3.05, 3.63) is 34.2 Å².